The first-order valence-corrected chi connectivity index (χ1v) is 8.08. The largest absolute Gasteiger partial charge is 0.393 e. The highest BCUT2D eigenvalue weighted by molar-refractivity contribution is 4.83. The van der Waals surface area contributed by atoms with Crippen LogP contribution in [0, 0.1) is 17.8 Å². The summed E-state index contributed by atoms with van der Waals surface area (Å²) in [4.78, 5) is 0. The molecule has 0 bridgehead atoms. The molecule has 0 saturated heterocycles. The Balaban J connectivity index is 1.66. The van der Waals surface area contributed by atoms with E-state index >= 15 is 0 Å². The molecule has 1 nitrogen and oxygen atoms in total. The first kappa shape index (κ1) is 14.1. The summed E-state index contributed by atoms with van der Waals surface area (Å²) in [5.41, 5.74) is 0. The van der Waals surface area contributed by atoms with E-state index in [1.54, 1.807) is 0 Å². The van der Waals surface area contributed by atoms with Crippen molar-refractivity contribution >= 4 is 0 Å². The van der Waals surface area contributed by atoms with Gasteiger partial charge in [-0.2, -0.15) is 0 Å². The van der Waals surface area contributed by atoms with E-state index in [0.29, 0.717) is 0 Å². The normalized spacial score (nSPS) is 38.1. The van der Waals surface area contributed by atoms with Gasteiger partial charge in [0.1, 0.15) is 0 Å². The van der Waals surface area contributed by atoms with E-state index in [-0.39, 0.29) is 6.10 Å². The lowest BCUT2D eigenvalue weighted by Crippen LogP contribution is -2.27. The molecule has 0 aromatic carbocycles. The van der Waals surface area contributed by atoms with E-state index in [4.69, 9.17) is 0 Å². The summed E-state index contributed by atoms with van der Waals surface area (Å²) in [7, 11) is 0. The summed E-state index contributed by atoms with van der Waals surface area (Å²) in [6, 6.07) is 0. The van der Waals surface area contributed by atoms with Crippen LogP contribution in [0.4, 0.5) is 0 Å². The minimum Gasteiger partial charge on any atom is -0.393 e. The second-order valence-corrected chi connectivity index (χ2v) is 6.50. The Hall–Kier alpha value is -0.300. The summed E-state index contributed by atoms with van der Waals surface area (Å²) in [5, 5.41) is 9.58. The van der Waals surface area contributed by atoms with Crippen LogP contribution in [0.5, 0.6) is 0 Å². The average Bonchev–Trinajstić information content (AvgIpc) is 2.41. The Morgan fingerprint density at radius 1 is 0.889 bits per heavy atom. The van der Waals surface area contributed by atoms with E-state index < -0.39 is 0 Å². The van der Waals surface area contributed by atoms with E-state index in [2.05, 4.69) is 19.1 Å². The van der Waals surface area contributed by atoms with Crippen LogP contribution in [0.15, 0.2) is 12.2 Å². The fourth-order valence-corrected chi connectivity index (χ4v) is 4.02. The minimum absolute atomic E-state index is 0.0124. The maximum atomic E-state index is 9.58. The summed E-state index contributed by atoms with van der Waals surface area (Å²) >= 11 is 0. The lowest BCUT2D eigenvalue weighted by atomic mass is 9.70. The van der Waals surface area contributed by atoms with Crippen LogP contribution in [0.1, 0.15) is 71.1 Å². The van der Waals surface area contributed by atoms with E-state index in [1.165, 1.54) is 51.4 Å². The van der Waals surface area contributed by atoms with Crippen LogP contribution in [0.2, 0.25) is 0 Å². The molecule has 0 amide bonds. The molecule has 1 N–H and O–H groups in total. The Morgan fingerprint density at radius 3 is 2.00 bits per heavy atom. The van der Waals surface area contributed by atoms with Crippen molar-refractivity contribution in [1.29, 1.82) is 0 Å². The van der Waals surface area contributed by atoms with Gasteiger partial charge in [-0.05, 0) is 76.0 Å². The first-order valence-electron chi connectivity index (χ1n) is 8.08. The maximum absolute atomic E-state index is 9.58. The van der Waals surface area contributed by atoms with Crippen molar-refractivity contribution in [3.8, 4) is 0 Å². The van der Waals surface area contributed by atoms with E-state index in [0.717, 1.165) is 30.6 Å². The molecule has 0 aliphatic heterocycles. The standard InChI is InChI=1S/C17H30O/c1-2-3-4-5-14-6-8-15(9-7-14)16-10-12-17(18)13-11-16/h2-3,14-18H,4-13H2,1H3/b3-2+. The zero-order valence-electron chi connectivity index (χ0n) is 12.0. The minimum atomic E-state index is 0.0124. The van der Waals surface area contributed by atoms with Crippen LogP contribution < -0.4 is 0 Å². The third kappa shape index (κ3) is 4.12. The molecule has 2 aliphatic carbocycles. The van der Waals surface area contributed by atoms with Crippen LogP contribution in [0.3, 0.4) is 0 Å². The Morgan fingerprint density at radius 2 is 1.44 bits per heavy atom. The van der Waals surface area contributed by atoms with Crippen LogP contribution >= 0.6 is 0 Å². The smallest absolute Gasteiger partial charge is 0.0540 e. The van der Waals surface area contributed by atoms with Crippen molar-refractivity contribution in [2.45, 2.75) is 77.2 Å². The quantitative estimate of drug-likeness (QED) is 0.717. The highest BCUT2D eigenvalue weighted by Crippen LogP contribution is 2.40. The summed E-state index contributed by atoms with van der Waals surface area (Å²) in [6.45, 7) is 2.12. The maximum Gasteiger partial charge on any atom is 0.0540 e. The Labute approximate surface area is 113 Å². The number of aliphatic hydroxyl groups is 1. The fraction of sp³-hybridized carbons (Fsp3) is 0.882. The second-order valence-electron chi connectivity index (χ2n) is 6.50. The summed E-state index contributed by atoms with van der Waals surface area (Å²) in [5.74, 6) is 2.91. The Bertz CT molecular complexity index is 242. The number of aliphatic hydroxyl groups excluding tert-OH is 1. The third-order valence-corrected chi connectivity index (χ3v) is 5.28. The van der Waals surface area contributed by atoms with Gasteiger partial charge >= 0.3 is 0 Å². The molecule has 0 aromatic heterocycles. The van der Waals surface area contributed by atoms with Gasteiger partial charge in [0, 0.05) is 0 Å². The predicted molar refractivity (Wildman–Crippen MR) is 77.5 cm³/mol. The molecule has 2 aliphatic rings. The van der Waals surface area contributed by atoms with Gasteiger partial charge in [-0.15, -0.1) is 0 Å². The molecule has 2 fully saturated rings. The first-order chi connectivity index (χ1) is 8.79. The number of allylic oxidation sites excluding steroid dienone is 2. The molecule has 104 valence electrons. The molecule has 0 spiro atoms. The average molecular weight is 250 g/mol. The molecule has 0 radical (unpaired) electrons. The zero-order valence-corrected chi connectivity index (χ0v) is 12.0. The highest BCUT2D eigenvalue weighted by atomic mass is 16.3. The fourth-order valence-electron chi connectivity index (χ4n) is 4.02. The predicted octanol–water partition coefficient (Wildman–Crippen LogP) is 4.70. The molecule has 0 atom stereocenters. The van der Waals surface area contributed by atoms with Crippen molar-refractivity contribution in [2.75, 3.05) is 0 Å². The number of hydrogen-bond donors (Lipinski definition) is 1. The molecular formula is C17H30O. The summed E-state index contributed by atoms with van der Waals surface area (Å²) < 4.78 is 0. The van der Waals surface area contributed by atoms with Gasteiger partial charge in [0.25, 0.3) is 0 Å². The third-order valence-electron chi connectivity index (χ3n) is 5.28. The van der Waals surface area contributed by atoms with Crippen molar-refractivity contribution in [3.63, 3.8) is 0 Å². The Kier molecular flexibility index (Phi) is 5.75. The van der Waals surface area contributed by atoms with Crippen LogP contribution in [-0.4, -0.2) is 11.2 Å². The van der Waals surface area contributed by atoms with E-state index in [9.17, 15) is 5.11 Å². The SMILES string of the molecule is C/C=C/CCC1CCC(C2CCC(O)CC2)CC1. The molecule has 0 unspecified atom stereocenters. The van der Waals surface area contributed by atoms with Crippen molar-refractivity contribution in [2.24, 2.45) is 17.8 Å². The van der Waals surface area contributed by atoms with Gasteiger partial charge in [0.2, 0.25) is 0 Å². The van der Waals surface area contributed by atoms with Gasteiger partial charge in [0.05, 0.1) is 6.10 Å². The van der Waals surface area contributed by atoms with Gasteiger partial charge in [0.15, 0.2) is 0 Å². The van der Waals surface area contributed by atoms with Crippen molar-refractivity contribution in [1.82, 2.24) is 0 Å². The van der Waals surface area contributed by atoms with Gasteiger partial charge < -0.3 is 5.11 Å². The molecule has 0 heterocycles. The zero-order chi connectivity index (χ0) is 12.8. The van der Waals surface area contributed by atoms with Crippen molar-refractivity contribution < 1.29 is 5.11 Å². The van der Waals surface area contributed by atoms with Crippen LogP contribution in [-0.2, 0) is 0 Å². The number of hydrogen-bond acceptors (Lipinski definition) is 1. The van der Waals surface area contributed by atoms with Crippen LogP contribution in [0.25, 0.3) is 0 Å². The van der Waals surface area contributed by atoms with Gasteiger partial charge in [-0.1, -0.05) is 25.0 Å². The summed E-state index contributed by atoms with van der Waals surface area (Å²) in [6.07, 6.45) is 17.7. The molecule has 2 saturated carbocycles. The monoisotopic (exact) mass is 250 g/mol. The lowest BCUT2D eigenvalue weighted by Gasteiger charge is -2.37. The molecular weight excluding hydrogens is 220 g/mol. The van der Waals surface area contributed by atoms with Gasteiger partial charge in [-0.3, -0.25) is 0 Å². The van der Waals surface area contributed by atoms with Crippen molar-refractivity contribution in [3.05, 3.63) is 12.2 Å². The molecule has 2 rings (SSSR count). The highest BCUT2D eigenvalue weighted by Gasteiger charge is 2.29. The molecule has 0 aromatic rings. The molecule has 1 heteroatoms. The topological polar surface area (TPSA) is 20.2 Å². The molecule has 18 heavy (non-hydrogen) atoms. The second kappa shape index (κ2) is 7.33. The van der Waals surface area contributed by atoms with E-state index in [1.807, 2.05) is 0 Å². The number of rotatable bonds is 4. The van der Waals surface area contributed by atoms with Gasteiger partial charge in [-0.25, -0.2) is 0 Å². The lowest BCUT2D eigenvalue weighted by molar-refractivity contribution is 0.0765.